The molecule has 1 atom stereocenters. The number of aliphatic hydroxyl groups is 1. The van der Waals surface area contributed by atoms with E-state index in [4.69, 9.17) is 18.9 Å². The predicted octanol–water partition coefficient (Wildman–Crippen LogP) is 8.46. The van der Waals surface area contributed by atoms with E-state index >= 15 is 0 Å². The molecule has 0 aromatic carbocycles. The van der Waals surface area contributed by atoms with Crippen molar-refractivity contribution in [2.45, 2.75) is 170 Å². The number of carbonyl (C=O) groups excluding carboxylic acids is 5. The maximum Gasteiger partial charge on any atom is 0.414 e. The molecule has 14 nitrogen and oxygen atoms in total. The van der Waals surface area contributed by atoms with Crippen LogP contribution in [-0.4, -0.2) is 129 Å². The number of hydrogen-bond acceptors (Lipinski definition) is 10. The normalized spacial score (nSPS) is 19.3. The summed E-state index contributed by atoms with van der Waals surface area (Å²) < 4.78 is 20.9. The van der Waals surface area contributed by atoms with Crippen molar-refractivity contribution in [2.24, 2.45) is 0 Å². The molecule has 4 aliphatic heterocycles. The summed E-state index contributed by atoms with van der Waals surface area (Å²) in [5.41, 5.74) is 0.726. The van der Waals surface area contributed by atoms with E-state index in [-0.39, 0.29) is 36.7 Å². The van der Waals surface area contributed by atoms with E-state index in [0.29, 0.717) is 32.6 Å². The first-order valence-electron chi connectivity index (χ1n) is 20.0. The Morgan fingerprint density at radius 3 is 1.48 bits per heavy atom. The standard InChI is InChI=1S/2C11H19NO2.C10H19NO3.C10H17NO3/c2*1-9-6-5-7-12(8-9)10(13)14-11(2,3)4;2*1-10(2,3)14-9(13)11-6-4-5-8(12)7-11/h8H,5-7H2,1-4H3;6H,5,7-8H2,1-4H3;8,12H,4-7H2,1-3H3;4-7H2,1-3H3. The Hall–Kier alpha value is -3.81. The highest BCUT2D eigenvalue weighted by atomic mass is 16.6. The Bertz CT molecular complexity index is 1340. The molecule has 0 saturated carbocycles. The van der Waals surface area contributed by atoms with Gasteiger partial charge in [-0.1, -0.05) is 17.2 Å². The zero-order valence-electron chi connectivity index (χ0n) is 37.0. The molecule has 2 saturated heterocycles. The molecular weight excluding hydrogens is 720 g/mol. The minimum absolute atomic E-state index is 0.113. The van der Waals surface area contributed by atoms with Gasteiger partial charge < -0.3 is 38.8 Å². The molecule has 4 amide bonds. The highest BCUT2D eigenvalue weighted by molar-refractivity contribution is 5.85. The van der Waals surface area contributed by atoms with Gasteiger partial charge in [-0.3, -0.25) is 9.69 Å². The second-order valence-corrected chi connectivity index (χ2v) is 18.8. The van der Waals surface area contributed by atoms with Gasteiger partial charge in [-0.25, -0.2) is 19.2 Å². The van der Waals surface area contributed by atoms with Crippen LogP contribution in [0.25, 0.3) is 0 Å². The van der Waals surface area contributed by atoms with Crippen molar-refractivity contribution < 1.29 is 48.0 Å². The van der Waals surface area contributed by atoms with Crippen LogP contribution >= 0.6 is 0 Å². The Balaban J connectivity index is 0.000000373. The minimum atomic E-state index is -0.489. The first-order chi connectivity index (χ1) is 25.5. The largest absolute Gasteiger partial charge is 0.444 e. The third kappa shape index (κ3) is 23.3. The smallest absolute Gasteiger partial charge is 0.414 e. The number of ketones is 1. The molecule has 2 fully saturated rings. The van der Waals surface area contributed by atoms with Crippen molar-refractivity contribution in [1.82, 2.24) is 19.6 Å². The predicted molar refractivity (Wildman–Crippen MR) is 217 cm³/mol. The molecule has 14 heteroatoms. The molecule has 1 N–H and O–H groups in total. The Kier molecular flexibility index (Phi) is 19.9. The molecule has 322 valence electrons. The average Bonchev–Trinajstić information content (AvgIpc) is 3.03. The van der Waals surface area contributed by atoms with Crippen LogP contribution in [0.4, 0.5) is 19.2 Å². The number of β-amino-alcohol motifs (C(OH)–C–C–N with tert-alkyl or cyclic N) is 1. The Morgan fingerprint density at radius 2 is 1.04 bits per heavy atom. The van der Waals surface area contributed by atoms with Crippen molar-refractivity contribution >= 4 is 30.2 Å². The lowest BCUT2D eigenvalue weighted by Gasteiger charge is -2.32. The van der Waals surface area contributed by atoms with Gasteiger partial charge in [0.15, 0.2) is 5.78 Å². The number of rotatable bonds is 0. The first-order valence-corrected chi connectivity index (χ1v) is 20.0. The van der Waals surface area contributed by atoms with Gasteiger partial charge in [0.25, 0.3) is 0 Å². The highest BCUT2D eigenvalue weighted by Gasteiger charge is 2.28. The van der Waals surface area contributed by atoms with Crippen LogP contribution in [0.15, 0.2) is 23.4 Å². The number of piperidine rings is 2. The lowest BCUT2D eigenvalue weighted by molar-refractivity contribution is -0.122. The summed E-state index contributed by atoms with van der Waals surface area (Å²) in [6.45, 7) is 30.5. The van der Waals surface area contributed by atoms with Gasteiger partial charge in [0.2, 0.25) is 0 Å². The molecule has 4 heterocycles. The molecule has 0 spiro atoms. The molecule has 4 aliphatic rings. The number of aliphatic hydroxyl groups excluding tert-OH is 1. The van der Waals surface area contributed by atoms with Gasteiger partial charge in [0.05, 0.1) is 12.6 Å². The van der Waals surface area contributed by atoms with Crippen LogP contribution in [-0.2, 0) is 23.7 Å². The number of nitrogens with zero attached hydrogens (tertiary/aromatic N) is 4. The van der Waals surface area contributed by atoms with E-state index in [0.717, 1.165) is 51.6 Å². The minimum Gasteiger partial charge on any atom is -0.444 e. The van der Waals surface area contributed by atoms with E-state index in [9.17, 15) is 29.1 Å². The fraction of sp³-hybridized carbons (Fsp3) is 0.786. The molecule has 0 bridgehead atoms. The summed E-state index contributed by atoms with van der Waals surface area (Å²) in [6, 6.07) is 0. The lowest BCUT2D eigenvalue weighted by Crippen LogP contribution is -2.44. The lowest BCUT2D eigenvalue weighted by atomic mass is 10.1. The summed E-state index contributed by atoms with van der Waals surface area (Å²) in [5, 5.41) is 9.38. The number of carbonyl (C=O) groups is 5. The van der Waals surface area contributed by atoms with Crippen LogP contribution in [0, 0.1) is 0 Å². The zero-order valence-corrected chi connectivity index (χ0v) is 37.0. The number of likely N-dealkylation sites (tertiary alicyclic amines) is 2. The summed E-state index contributed by atoms with van der Waals surface area (Å²) in [7, 11) is 0. The maximum absolute atomic E-state index is 11.6. The Labute approximate surface area is 336 Å². The van der Waals surface area contributed by atoms with E-state index in [2.05, 4.69) is 6.08 Å². The van der Waals surface area contributed by atoms with Crippen molar-refractivity contribution in [2.75, 3.05) is 45.8 Å². The molecule has 0 radical (unpaired) electrons. The molecule has 56 heavy (non-hydrogen) atoms. The third-order valence-electron chi connectivity index (χ3n) is 7.91. The molecule has 1 unspecified atom stereocenters. The SMILES string of the molecule is CC(C)(C)OC(=O)N1CCCC(=O)C1.CC(C)(C)OC(=O)N1CCCC(O)C1.CC1=CCCN(C(=O)OC(C)(C)C)C1.CC1=CN(C(=O)OC(C)(C)C)CCC1. The monoisotopic (exact) mass is 795 g/mol. The maximum atomic E-state index is 11.6. The summed E-state index contributed by atoms with van der Waals surface area (Å²) >= 11 is 0. The topological polar surface area (TPSA) is 155 Å². The molecule has 0 aromatic rings. The Morgan fingerprint density at radius 1 is 0.589 bits per heavy atom. The molecule has 4 rings (SSSR count). The highest BCUT2D eigenvalue weighted by Crippen LogP contribution is 2.19. The zero-order chi connectivity index (χ0) is 43.1. The van der Waals surface area contributed by atoms with Crippen LogP contribution in [0.2, 0.25) is 0 Å². The quantitative estimate of drug-likeness (QED) is 0.187. The van der Waals surface area contributed by atoms with E-state index in [1.165, 1.54) is 16.0 Å². The van der Waals surface area contributed by atoms with Gasteiger partial charge >= 0.3 is 24.4 Å². The van der Waals surface area contributed by atoms with Crippen LogP contribution in [0.5, 0.6) is 0 Å². The van der Waals surface area contributed by atoms with Crippen molar-refractivity contribution in [3.05, 3.63) is 23.4 Å². The fourth-order valence-electron chi connectivity index (χ4n) is 5.55. The fourth-order valence-corrected chi connectivity index (χ4v) is 5.55. The molecule has 0 aromatic heterocycles. The van der Waals surface area contributed by atoms with Crippen molar-refractivity contribution in [3.63, 3.8) is 0 Å². The molecular formula is C42H74N4O10. The third-order valence-corrected chi connectivity index (χ3v) is 7.91. The van der Waals surface area contributed by atoms with Gasteiger partial charge in [0.1, 0.15) is 22.4 Å². The van der Waals surface area contributed by atoms with E-state index < -0.39 is 28.5 Å². The number of amides is 4. The second-order valence-electron chi connectivity index (χ2n) is 18.8. The van der Waals surface area contributed by atoms with Crippen LogP contribution in [0.3, 0.4) is 0 Å². The number of hydrogen-bond donors (Lipinski definition) is 1. The average molecular weight is 795 g/mol. The van der Waals surface area contributed by atoms with Gasteiger partial charge in [0, 0.05) is 51.9 Å². The van der Waals surface area contributed by atoms with Crippen molar-refractivity contribution in [1.29, 1.82) is 0 Å². The number of allylic oxidation sites excluding steroid dienone is 1. The van der Waals surface area contributed by atoms with Gasteiger partial charge in [-0.05, 0) is 135 Å². The van der Waals surface area contributed by atoms with Gasteiger partial charge in [-0.2, -0.15) is 0 Å². The number of Topliss-reactive ketones (excluding diaryl/α,β-unsaturated/α-hetero) is 1. The summed E-state index contributed by atoms with van der Waals surface area (Å²) in [6.07, 6.45) is 8.51. The van der Waals surface area contributed by atoms with E-state index in [1.54, 1.807) is 14.7 Å². The van der Waals surface area contributed by atoms with Gasteiger partial charge in [-0.15, -0.1) is 0 Å². The number of ether oxygens (including phenoxy) is 4. The first kappa shape index (κ1) is 50.2. The van der Waals surface area contributed by atoms with E-state index in [1.807, 2.05) is 103 Å². The second kappa shape index (κ2) is 22.2. The summed E-state index contributed by atoms with van der Waals surface area (Å²) in [4.78, 5) is 63.9. The van der Waals surface area contributed by atoms with Crippen molar-refractivity contribution in [3.8, 4) is 0 Å². The summed E-state index contributed by atoms with van der Waals surface area (Å²) in [5.74, 6) is 0.113. The van der Waals surface area contributed by atoms with Crippen LogP contribution < -0.4 is 0 Å². The molecule has 0 aliphatic carbocycles. The van der Waals surface area contributed by atoms with Crippen LogP contribution in [0.1, 0.15) is 142 Å².